The summed E-state index contributed by atoms with van der Waals surface area (Å²) in [7, 11) is 0. The van der Waals surface area contributed by atoms with E-state index in [-0.39, 0.29) is 16.3 Å². The quantitative estimate of drug-likeness (QED) is 0.805. The van der Waals surface area contributed by atoms with Gasteiger partial charge in [0.1, 0.15) is 0 Å². The minimum Gasteiger partial charge on any atom is -0.321 e. The van der Waals surface area contributed by atoms with Crippen molar-refractivity contribution in [2.45, 2.75) is 13.1 Å². The third-order valence-corrected chi connectivity index (χ3v) is 4.22. The molecule has 1 aromatic heterocycles. The molecule has 0 atom stereocenters. The van der Waals surface area contributed by atoms with Gasteiger partial charge >= 0.3 is 6.18 Å². The lowest BCUT2D eigenvalue weighted by molar-refractivity contribution is -0.137. The molecule has 0 unspecified atom stereocenters. The van der Waals surface area contributed by atoms with Crippen LogP contribution in [0.25, 0.3) is 0 Å². The van der Waals surface area contributed by atoms with Crippen molar-refractivity contribution in [1.29, 1.82) is 0 Å². The van der Waals surface area contributed by atoms with E-state index >= 15 is 0 Å². The van der Waals surface area contributed by atoms with Crippen LogP contribution in [-0.4, -0.2) is 11.7 Å². The fourth-order valence-corrected chi connectivity index (χ4v) is 2.68. The van der Waals surface area contributed by atoms with Gasteiger partial charge in [0.25, 0.3) is 5.91 Å². The normalized spacial score (nSPS) is 11.3. The minimum atomic E-state index is -4.61. The Hall–Kier alpha value is -1.86. The Kier molecular flexibility index (Phi) is 4.58. The zero-order valence-corrected chi connectivity index (χ0v) is 12.7. The highest BCUT2D eigenvalue weighted by atomic mass is 35.5. The number of halogens is 4. The summed E-state index contributed by atoms with van der Waals surface area (Å²) in [6.45, 7) is 1.36. The molecule has 8 heteroatoms. The molecule has 0 fully saturated rings. The number of thiophene rings is 1. The van der Waals surface area contributed by atoms with E-state index in [1.165, 1.54) is 25.1 Å². The first kappa shape index (κ1) is 16.5. The highest BCUT2D eigenvalue weighted by molar-refractivity contribution is 7.16. The Morgan fingerprint density at radius 3 is 2.32 bits per heavy atom. The van der Waals surface area contributed by atoms with Crippen LogP contribution in [-0.2, 0) is 6.18 Å². The molecule has 0 bridgehead atoms. The van der Waals surface area contributed by atoms with Gasteiger partial charge in [-0.3, -0.25) is 9.59 Å². The van der Waals surface area contributed by atoms with E-state index in [1.54, 1.807) is 0 Å². The molecule has 1 amide bonds. The van der Waals surface area contributed by atoms with Crippen molar-refractivity contribution in [2.24, 2.45) is 0 Å². The second-order valence-corrected chi connectivity index (χ2v) is 5.86. The molecule has 0 aliphatic heterocycles. The third kappa shape index (κ3) is 3.66. The van der Waals surface area contributed by atoms with Crippen LogP contribution in [0.5, 0.6) is 0 Å². The van der Waals surface area contributed by atoms with Gasteiger partial charge in [-0.2, -0.15) is 13.2 Å². The molecule has 0 saturated carbocycles. The van der Waals surface area contributed by atoms with E-state index in [0.717, 1.165) is 23.5 Å². The van der Waals surface area contributed by atoms with Gasteiger partial charge in [0.15, 0.2) is 5.78 Å². The molecule has 116 valence electrons. The van der Waals surface area contributed by atoms with Gasteiger partial charge in [0.2, 0.25) is 0 Å². The monoisotopic (exact) mass is 347 g/mol. The number of carbonyl (C=O) groups is 2. The van der Waals surface area contributed by atoms with Crippen molar-refractivity contribution in [2.75, 3.05) is 5.32 Å². The first-order valence-corrected chi connectivity index (χ1v) is 7.17. The first-order chi connectivity index (χ1) is 10.2. The van der Waals surface area contributed by atoms with Crippen molar-refractivity contribution >= 4 is 40.3 Å². The molecule has 0 aliphatic carbocycles. The van der Waals surface area contributed by atoms with Gasteiger partial charge in [0, 0.05) is 5.69 Å². The number of amides is 1. The lowest BCUT2D eigenvalue weighted by Gasteiger charge is -2.11. The van der Waals surface area contributed by atoms with E-state index < -0.39 is 22.7 Å². The van der Waals surface area contributed by atoms with Crippen LogP contribution in [0.15, 0.2) is 30.3 Å². The number of nitrogens with one attached hydrogen (secondary N) is 1. The van der Waals surface area contributed by atoms with Gasteiger partial charge in [-0.25, -0.2) is 0 Å². The van der Waals surface area contributed by atoms with Crippen LogP contribution in [0, 0.1) is 0 Å². The number of Topliss-reactive ketones (excluding diaryl/α,β-unsaturated/α-hetero) is 1. The summed E-state index contributed by atoms with van der Waals surface area (Å²) in [6.07, 6.45) is -4.61. The molecule has 2 aromatic rings. The van der Waals surface area contributed by atoms with Crippen LogP contribution < -0.4 is 5.32 Å². The summed E-state index contributed by atoms with van der Waals surface area (Å²) < 4.78 is 38.2. The zero-order valence-electron chi connectivity index (χ0n) is 11.1. The molecule has 0 spiro atoms. The van der Waals surface area contributed by atoms with E-state index in [4.69, 9.17) is 11.6 Å². The Morgan fingerprint density at radius 1 is 1.14 bits per heavy atom. The molecule has 2 rings (SSSR count). The van der Waals surface area contributed by atoms with Gasteiger partial charge < -0.3 is 5.32 Å². The largest absolute Gasteiger partial charge is 0.417 e. The molecule has 0 aliphatic rings. The van der Waals surface area contributed by atoms with Crippen molar-refractivity contribution in [3.63, 3.8) is 0 Å². The van der Waals surface area contributed by atoms with Crippen molar-refractivity contribution in [3.05, 3.63) is 50.7 Å². The van der Waals surface area contributed by atoms with E-state index in [1.807, 2.05) is 0 Å². The van der Waals surface area contributed by atoms with Crippen molar-refractivity contribution < 1.29 is 22.8 Å². The number of rotatable bonds is 3. The lowest BCUT2D eigenvalue weighted by Crippen LogP contribution is -2.12. The number of hydrogen-bond donors (Lipinski definition) is 1. The van der Waals surface area contributed by atoms with Crippen LogP contribution in [0.4, 0.5) is 18.9 Å². The highest BCUT2D eigenvalue weighted by Gasteiger charge is 2.33. The Balaban J connectivity index is 2.23. The molecule has 3 nitrogen and oxygen atoms in total. The number of anilines is 1. The molecule has 22 heavy (non-hydrogen) atoms. The molecular formula is C14H9ClF3NO2S. The summed E-state index contributed by atoms with van der Waals surface area (Å²) in [6, 6.07) is 6.03. The van der Waals surface area contributed by atoms with Crippen LogP contribution in [0.2, 0.25) is 5.02 Å². The number of ketones is 1. The molecular weight excluding hydrogens is 339 g/mol. The van der Waals surface area contributed by atoms with Crippen molar-refractivity contribution in [3.8, 4) is 0 Å². The summed E-state index contributed by atoms with van der Waals surface area (Å²) in [5.41, 5.74) is -1.05. The Labute approximate surface area is 132 Å². The van der Waals surface area contributed by atoms with Crippen LogP contribution >= 0.6 is 22.9 Å². The fraction of sp³-hybridized carbons (Fsp3) is 0.143. The van der Waals surface area contributed by atoms with E-state index in [2.05, 4.69) is 5.32 Å². The van der Waals surface area contributed by atoms with E-state index in [0.29, 0.717) is 4.88 Å². The Morgan fingerprint density at radius 2 is 1.77 bits per heavy atom. The number of alkyl halides is 3. The minimum absolute atomic E-state index is 0.0282. The predicted octanol–water partition coefficient (Wildman–Crippen LogP) is 4.88. The predicted molar refractivity (Wildman–Crippen MR) is 78.7 cm³/mol. The van der Waals surface area contributed by atoms with Gasteiger partial charge in [-0.05, 0) is 37.3 Å². The van der Waals surface area contributed by atoms with Crippen molar-refractivity contribution in [1.82, 2.24) is 0 Å². The third-order valence-electron chi connectivity index (χ3n) is 2.71. The topological polar surface area (TPSA) is 46.2 Å². The number of carbonyl (C=O) groups excluding carboxylic acids is 2. The molecule has 0 saturated heterocycles. The lowest BCUT2D eigenvalue weighted by atomic mass is 10.2. The highest BCUT2D eigenvalue weighted by Crippen LogP contribution is 2.36. The summed E-state index contributed by atoms with van der Waals surface area (Å²) >= 11 is 6.48. The Bertz CT molecular complexity index is 740. The number of benzene rings is 1. The van der Waals surface area contributed by atoms with E-state index in [9.17, 15) is 22.8 Å². The van der Waals surface area contributed by atoms with Crippen LogP contribution in [0.3, 0.4) is 0 Å². The number of hydrogen-bond acceptors (Lipinski definition) is 3. The average Bonchev–Trinajstić information content (AvgIpc) is 2.89. The van der Waals surface area contributed by atoms with Gasteiger partial charge in [0.05, 0.1) is 20.3 Å². The maximum Gasteiger partial charge on any atom is 0.417 e. The molecule has 1 N–H and O–H groups in total. The second kappa shape index (κ2) is 6.10. The smallest absolute Gasteiger partial charge is 0.321 e. The standard InChI is InChI=1S/C14H9ClF3NO2S/c1-7(20)11-4-5-12(22-11)13(21)19-8-2-3-10(15)9(6-8)14(16,17)18/h2-6H,1H3,(H,19,21). The summed E-state index contributed by atoms with van der Waals surface area (Å²) in [4.78, 5) is 23.8. The molecule has 1 aromatic carbocycles. The second-order valence-electron chi connectivity index (χ2n) is 4.37. The average molecular weight is 348 g/mol. The van der Waals surface area contributed by atoms with Gasteiger partial charge in [-0.1, -0.05) is 11.6 Å². The molecule has 0 radical (unpaired) electrons. The summed E-state index contributed by atoms with van der Waals surface area (Å²) in [5.74, 6) is -0.775. The zero-order chi connectivity index (χ0) is 16.5. The maximum atomic E-state index is 12.7. The first-order valence-electron chi connectivity index (χ1n) is 5.97. The van der Waals surface area contributed by atoms with Gasteiger partial charge in [-0.15, -0.1) is 11.3 Å². The maximum absolute atomic E-state index is 12.7. The summed E-state index contributed by atoms with van der Waals surface area (Å²) in [5, 5.41) is 1.91. The molecule has 1 heterocycles. The fourth-order valence-electron chi connectivity index (χ4n) is 1.66. The SMILES string of the molecule is CC(=O)c1ccc(C(=O)Nc2ccc(Cl)c(C(F)(F)F)c2)s1. The van der Waals surface area contributed by atoms with Crippen LogP contribution in [0.1, 0.15) is 31.8 Å².